The molecule has 0 saturated carbocycles. The molecule has 0 atom stereocenters. The van der Waals surface area contributed by atoms with E-state index in [1.54, 1.807) is 29.4 Å². The smallest absolute Gasteiger partial charge is 0.254 e. The number of carbonyl (C=O) groups excluding carboxylic acids is 1. The topological polar surface area (TPSA) is 45.9 Å². The first kappa shape index (κ1) is 21.1. The summed E-state index contributed by atoms with van der Waals surface area (Å²) in [5.41, 5.74) is 2.48. The van der Waals surface area contributed by atoms with Crippen LogP contribution in [0.3, 0.4) is 0 Å². The zero-order valence-corrected chi connectivity index (χ0v) is 18.0. The van der Waals surface area contributed by atoms with Crippen LogP contribution in [0.5, 0.6) is 5.75 Å². The van der Waals surface area contributed by atoms with Crippen molar-refractivity contribution in [1.29, 1.82) is 0 Å². The lowest BCUT2D eigenvalue weighted by molar-refractivity contribution is 0.0717. The lowest BCUT2D eigenvalue weighted by Crippen LogP contribution is -2.30. The molecule has 3 rings (SSSR count). The number of benzene rings is 2. The van der Waals surface area contributed by atoms with E-state index in [0.717, 1.165) is 11.3 Å². The summed E-state index contributed by atoms with van der Waals surface area (Å²) >= 11 is 12.5. The first-order chi connectivity index (χ1) is 13.9. The molecule has 0 spiro atoms. The van der Waals surface area contributed by atoms with Gasteiger partial charge in [0.1, 0.15) is 5.76 Å². The minimum absolute atomic E-state index is 0.204. The molecule has 1 heterocycles. The van der Waals surface area contributed by atoms with E-state index in [1.165, 1.54) is 7.11 Å². The molecule has 1 amide bonds. The Bertz CT molecular complexity index is 947. The van der Waals surface area contributed by atoms with Crippen LogP contribution in [0.4, 0.5) is 5.69 Å². The fourth-order valence-corrected chi connectivity index (χ4v) is 3.61. The van der Waals surface area contributed by atoms with Crippen molar-refractivity contribution in [3.63, 3.8) is 0 Å². The third-order valence-corrected chi connectivity index (χ3v) is 5.05. The number of furan rings is 1. The van der Waals surface area contributed by atoms with Gasteiger partial charge in [-0.2, -0.15) is 0 Å². The van der Waals surface area contributed by atoms with Gasteiger partial charge in [0.2, 0.25) is 0 Å². The normalized spacial score (nSPS) is 10.7. The molecule has 0 saturated heterocycles. The number of hydrogen-bond acceptors (Lipinski definition) is 4. The van der Waals surface area contributed by atoms with Gasteiger partial charge in [-0.15, -0.1) is 0 Å². The van der Waals surface area contributed by atoms with Crippen molar-refractivity contribution in [3.05, 3.63) is 81.7 Å². The number of rotatable bonds is 7. The molecule has 3 aromatic rings. The molecule has 0 N–H and O–H groups in total. The van der Waals surface area contributed by atoms with E-state index < -0.39 is 0 Å². The van der Waals surface area contributed by atoms with Crippen molar-refractivity contribution in [2.75, 3.05) is 26.1 Å². The van der Waals surface area contributed by atoms with Crippen LogP contribution >= 0.6 is 23.2 Å². The summed E-state index contributed by atoms with van der Waals surface area (Å²) in [6.45, 7) is 0.733. The van der Waals surface area contributed by atoms with E-state index in [4.69, 9.17) is 32.4 Å². The van der Waals surface area contributed by atoms with E-state index in [1.807, 2.05) is 49.3 Å². The number of hydrogen-bond donors (Lipinski definition) is 0. The Kier molecular flexibility index (Phi) is 6.72. The molecule has 0 aliphatic carbocycles. The number of nitrogens with zero attached hydrogens (tertiary/aromatic N) is 2. The average Bonchev–Trinajstić information content (AvgIpc) is 3.20. The molecular weight excluding hydrogens is 411 g/mol. The molecule has 0 unspecified atom stereocenters. The molecule has 152 valence electrons. The van der Waals surface area contributed by atoms with Crippen molar-refractivity contribution in [1.82, 2.24) is 4.90 Å². The second-order valence-electron chi connectivity index (χ2n) is 6.77. The predicted octanol–water partition coefficient (Wildman–Crippen LogP) is 5.50. The lowest BCUT2D eigenvalue weighted by atomic mass is 10.1. The summed E-state index contributed by atoms with van der Waals surface area (Å²) in [6.07, 6.45) is 1.59. The second-order valence-corrected chi connectivity index (χ2v) is 7.59. The molecule has 0 bridgehead atoms. The van der Waals surface area contributed by atoms with Crippen LogP contribution in [0.2, 0.25) is 10.0 Å². The lowest BCUT2D eigenvalue weighted by Gasteiger charge is -2.23. The van der Waals surface area contributed by atoms with Crippen LogP contribution in [0.15, 0.2) is 59.2 Å². The Morgan fingerprint density at radius 1 is 1.03 bits per heavy atom. The Balaban J connectivity index is 1.89. The van der Waals surface area contributed by atoms with Crippen LogP contribution in [0.25, 0.3) is 0 Å². The molecule has 5 nitrogen and oxygen atoms in total. The third-order valence-electron chi connectivity index (χ3n) is 4.49. The highest BCUT2D eigenvalue weighted by molar-refractivity contribution is 6.37. The fourth-order valence-electron chi connectivity index (χ4n) is 2.97. The van der Waals surface area contributed by atoms with Crippen molar-refractivity contribution in [2.24, 2.45) is 0 Å². The van der Waals surface area contributed by atoms with Crippen molar-refractivity contribution >= 4 is 34.8 Å². The molecular formula is C22H22Cl2N2O3. The van der Waals surface area contributed by atoms with Gasteiger partial charge in [0.25, 0.3) is 5.91 Å². The summed E-state index contributed by atoms with van der Waals surface area (Å²) in [5, 5.41) is 0.577. The Hall–Kier alpha value is -2.63. The third kappa shape index (κ3) is 5.05. The maximum absolute atomic E-state index is 13.3. The van der Waals surface area contributed by atoms with Gasteiger partial charge in [-0.05, 0) is 42.0 Å². The monoisotopic (exact) mass is 432 g/mol. The summed E-state index contributed by atoms with van der Waals surface area (Å²) in [5.74, 6) is 0.834. The molecule has 29 heavy (non-hydrogen) atoms. The molecule has 0 aliphatic rings. The van der Waals surface area contributed by atoms with E-state index in [-0.39, 0.29) is 16.0 Å². The second kappa shape index (κ2) is 9.25. The predicted molar refractivity (Wildman–Crippen MR) is 116 cm³/mol. The first-order valence-electron chi connectivity index (χ1n) is 9.00. The number of carbonyl (C=O) groups is 1. The maximum atomic E-state index is 13.3. The van der Waals surface area contributed by atoms with Crippen LogP contribution < -0.4 is 9.64 Å². The number of amides is 1. The van der Waals surface area contributed by atoms with Crippen molar-refractivity contribution in [3.8, 4) is 5.75 Å². The molecule has 7 heteroatoms. The van der Waals surface area contributed by atoms with Gasteiger partial charge in [-0.25, -0.2) is 0 Å². The van der Waals surface area contributed by atoms with Crippen molar-refractivity contribution < 1.29 is 13.9 Å². The van der Waals surface area contributed by atoms with Crippen LogP contribution in [0.1, 0.15) is 21.7 Å². The largest absolute Gasteiger partial charge is 0.494 e. The number of methoxy groups -OCH3 is 1. The SMILES string of the molecule is COc1c(Cl)cc(C(=O)N(Cc2ccc(N(C)C)cc2)Cc2ccco2)cc1Cl. The van der Waals surface area contributed by atoms with Crippen molar-refractivity contribution in [2.45, 2.75) is 13.1 Å². The van der Waals surface area contributed by atoms with Gasteiger partial charge in [0.15, 0.2) is 5.75 Å². The van der Waals surface area contributed by atoms with Crippen LogP contribution in [-0.2, 0) is 13.1 Å². The van der Waals surface area contributed by atoms with E-state index in [0.29, 0.717) is 30.2 Å². The molecule has 0 radical (unpaired) electrons. The highest BCUT2D eigenvalue weighted by Crippen LogP contribution is 2.34. The summed E-state index contributed by atoms with van der Waals surface area (Å²) in [6, 6.07) is 14.8. The summed E-state index contributed by atoms with van der Waals surface area (Å²) < 4.78 is 10.6. The maximum Gasteiger partial charge on any atom is 0.254 e. The van der Waals surface area contributed by atoms with Crippen LogP contribution in [0, 0.1) is 0 Å². The average molecular weight is 433 g/mol. The Morgan fingerprint density at radius 3 is 2.21 bits per heavy atom. The van der Waals surface area contributed by atoms with Crippen LogP contribution in [-0.4, -0.2) is 32.0 Å². The van der Waals surface area contributed by atoms with Gasteiger partial charge in [-0.3, -0.25) is 4.79 Å². The van der Waals surface area contributed by atoms with E-state index >= 15 is 0 Å². The molecule has 2 aromatic carbocycles. The molecule has 0 fully saturated rings. The zero-order valence-electron chi connectivity index (χ0n) is 16.5. The zero-order chi connectivity index (χ0) is 21.0. The van der Waals surface area contributed by atoms with Gasteiger partial charge in [0, 0.05) is 31.9 Å². The van der Waals surface area contributed by atoms with Gasteiger partial charge >= 0.3 is 0 Å². The van der Waals surface area contributed by atoms with E-state index in [9.17, 15) is 4.79 Å². The summed E-state index contributed by atoms with van der Waals surface area (Å²) in [7, 11) is 5.45. The fraction of sp³-hybridized carbons (Fsp3) is 0.227. The standard InChI is InChI=1S/C22H22Cl2N2O3/c1-25(2)17-8-6-15(7-9-17)13-26(14-18-5-4-10-29-18)22(27)16-11-19(23)21(28-3)20(24)12-16/h4-12H,13-14H2,1-3H3. The minimum atomic E-state index is -0.204. The highest BCUT2D eigenvalue weighted by atomic mass is 35.5. The van der Waals surface area contributed by atoms with Gasteiger partial charge < -0.3 is 19.0 Å². The number of anilines is 1. The minimum Gasteiger partial charge on any atom is -0.494 e. The van der Waals surface area contributed by atoms with Gasteiger partial charge in [-0.1, -0.05) is 35.3 Å². The first-order valence-corrected chi connectivity index (χ1v) is 9.75. The Labute approximate surface area is 180 Å². The quantitative estimate of drug-likeness (QED) is 0.494. The van der Waals surface area contributed by atoms with E-state index in [2.05, 4.69) is 0 Å². The Morgan fingerprint density at radius 2 is 1.69 bits per heavy atom. The number of ether oxygens (including phenoxy) is 1. The van der Waals surface area contributed by atoms with Gasteiger partial charge in [0.05, 0.1) is 30.0 Å². The highest BCUT2D eigenvalue weighted by Gasteiger charge is 2.21. The number of halogens is 2. The summed E-state index contributed by atoms with van der Waals surface area (Å²) in [4.78, 5) is 17.0. The molecule has 1 aromatic heterocycles. The molecule has 0 aliphatic heterocycles.